The monoisotopic (exact) mass is 188 g/mol. The summed E-state index contributed by atoms with van der Waals surface area (Å²) in [6.45, 7) is 0.354. The lowest BCUT2D eigenvalue weighted by Crippen LogP contribution is -1.99. The van der Waals surface area contributed by atoms with E-state index in [1.165, 1.54) is 0 Å². The van der Waals surface area contributed by atoms with Gasteiger partial charge in [-0.05, 0) is 0 Å². The fourth-order valence-electron chi connectivity index (χ4n) is 0.912. The SMILES string of the molecule is c1cnc(COc2cnccn2)cn1. The van der Waals surface area contributed by atoms with Crippen molar-refractivity contribution in [1.82, 2.24) is 19.9 Å². The fourth-order valence-corrected chi connectivity index (χ4v) is 0.912. The van der Waals surface area contributed by atoms with Gasteiger partial charge in [-0.1, -0.05) is 0 Å². The summed E-state index contributed by atoms with van der Waals surface area (Å²) >= 11 is 0. The molecule has 5 nitrogen and oxygen atoms in total. The molecule has 0 saturated heterocycles. The molecule has 2 heterocycles. The Labute approximate surface area is 80.8 Å². The van der Waals surface area contributed by atoms with E-state index < -0.39 is 0 Å². The molecule has 2 aromatic rings. The van der Waals surface area contributed by atoms with Crippen molar-refractivity contribution in [3.05, 3.63) is 42.9 Å². The van der Waals surface area contributed by atoms with Crippen molar-refractivity contribution in [1.29, 1.82) is 0 Å². The van der Waals surface area contributed by atoms with Crippen molar-refractivity contribution < 1.29 is 4.74 Å². The largest absolute Gasteiger partial charge is 0.470 e. The molecule has 0 amide bonds. The molecule has 0 aliphatic carbocycles. The maximum absolute atomic E-state index is 5.32. The van der Waals surface area contributed by atoms with Crippen molar-refractivity contribution in [2.24, 2.45) is 0 Å². The van der Waals surface area contributed by atoms with Gasteiger partial charge in [0, 0.05) is 24.8 Å². The highest BCUT2D eigenvalue weighted by Gasteiger charge is 1.96. The number of ether oxygens (including phenoxy) is 1. The van der Waals surface area contributed by atoms with Gasteiger partial charge >= 0.3 is 0 Å². The maximum atomic E-state index is 5.32. The normalized spacial score (nSPS) is 9.71. The predicted octanol–water partition coefficient (Wildman–Crippen LogP) is 0.846. The van der Waals surface area contributed by atoms with E-state index in [9.17, 15) is 0 Å². The first-order valence-corrected chi connectivity index (χ1v) is 4.09. The molecule has 0 aliphatic rings. The Morgan fingerprint density at radius 3 is 2.36 bits per heavy atom. The van der Waals surface area contributed by atoms with Gasteiger partial charge in [-0.3, -0.25) is 15.0 Å². The predicted molar refractivity (Wildman–Crippen MR) is 48.4 cm³/mol. The number of hydrogen-bond acceptors (Lipinski definition) is 5. The third-order valence-electron chi connectivity index (χ3n) is 1.52. The first-order valence-electron chi connectivity index (χ1n) is 4.09. The van der Waals surface area contributed by atoms with Crippen molar-refractivity contribution in [3.63, 3.8) is 0 Å². The molecule has 0 saturated carbocycles. The highest BCUT2D eigenvalue weighted by Crippen LogP contribution is 2.03. The zero-order valence-corrected chi connectivity index (χ0v) is 7.37. The van der Waals surface area contributed by atoms with E-state index in [-0.39, 0.29) is 0 Å². The van der Waals surface area contributed by atoms with Gasteiger partial charge in [-0.15, -0.1) is 0 Å². The van der Waals surface area contributed by atoms with Crippen LogP contribution in [-0.4, -0.2) is 19.9 Å². The van der Waals surface area contributed by atoms with Crippen LogP contribution < -0.4 is 4.74 Å². The first-order chi connectivity index (χ1) is 6.95. The van der Waals surface area contributed by atoms with E-state index in [1.54, 1.807) is 37.2 Å². The lowest BCUT2D eigenvalue weighted by molar-refractivity contribution is 0.287. The van der Waals surface area contributed by atoms with Crippen molar-refractivity contribution in [3.8, 4) is 5.88 Å². The Morgan fingerprint density at radius 1 is 0.929 bits per heavy atom. The van der Waals surface area contributed by atoms with Gasteiger partial charge in [0.2, 0.25) is 5.88 Å². The molecular weight excluding hydrogens is 180 g/mol. The zero-order valence-electron chi connectivity index (χ0n) is 7.37. The minimum absolute atomic E-state index is 0.354. The van der Waals surface area contributed by atoms with E-state index in [0.29, 0.717) is 12.5 Å². The van der Waals surface area contributed by atoms with Crippen molar-refractivity contribution in [2.75, 3.05) is 0 Å². The summed E-state index contributed by atoms with van der Waals surface area (Å²) in [6, 6.07) is 0. The molecule has 5 heteroatoms. The molecule has 0 unspecified atom stereocenters. The number of hydrogen-bond donors (Lipinski definition) is 0. The van der Waals surface area contributed by atoms with E-state index in [2.05, 4.69) is 19.9 Å². The van der Waals surface area contributed by atoms with Gasteiger partial charge in [0.1, 0.15) is 6.61 Å². The molecule has 70 valence electrons. The molecule has 0 aromatic carbocycles. The van der Waals surface area contributed by atoms with E-state index in [0.717, 1.165) is 5.69 Å². The van der Waals surface area contributed by atoms with Gasteiger partial charge in [0.25, 0.3) is 0 Å². The van der Waals surface area contributed by atoms with Crippen LogP contribution in [0.15, 0.2) is 37.2 Å². The Balaban J connectivity index is 1.96. The van der Waals surface area contributed by atoms with Crippen LogP contribution in [0.1, 0.15) is 5.69 Å². The van der Waals surface area contributed by atoms with Crippen LogP contribution in [0.25, 0.3) is 0 Å². The van der Waals surface area contributed by atoms with Gasteiger partial charge in [-0.2, -0.15) is 0 Å². The third kappa shape index (κ3) is 2.22. The topological polar surface area (TPSA) is 60.8 Å². The zero-order chi connectivity index (χ0) is 9.64. The minimum Gasteiger partial charge on any atom is -0.470 e. The standard InChI is InChI=1S/C9H8N4O/c1-3-12-8(5-10-1)7-14-9-6-11-2-4-13-9/h1-6H,7H2. The molecule has 2 aromatic heterocycles. The van der Waals surface area contributed by atoms with Crippen LogP contribution in [0.2, 0.25) is 0 Å². The Hall–Kier alpha value is -2.04. The summed E-state index contributed by atoms with van der Waals surface area (Å²) in [7, 11) is 0. The average Bonchev–Trinajstić information content (AvgIpc) is 2.29. The second kappa shape index (κ2) is 4.27. The summed E-state index contributed by atoms with van der Waals surface area (Å²) in [5.74, 6) is 0.484. The molecule has 0 bridgehead atoms. The van der Waals surface area contributed by atoms with E-state index in [1.807, 2.05) is 0 Å². The number of aromatic nitrogens is 4. The third-order valence-corrected chi connectivity index (χ3v) is 1.52. The maximum Gasteiger partial charge on any atom is 0.232 e. The molecule has 2 rings (SSSR count). The highest BCUT2D eigenvalue weighted by molar-refractivity contribution is 5.02. The Bertz CT molecular complexity index is 339. The average molecular weight is 188 g/mol. The molecule has 0 radical (unpaired) electrons. The van der Waals surface area contributed by atoms with E-state index >= 15 is 0 Å². The van der Waals surface area contributed by atoms with Crippen LogP contribution in [0, 0.1) is 0 Å². The lowest BCUT2D eigenvalue weighted by atomic mass is 10.5. The quantitative estimate of drug-likeness (QED) is 0.714. The molecule has 0 N–H and O–H groups in total. The van der Waals surface area contributed by atoms with Crippen LogP contribution in [0.3, 0.4) is 0 Å². The van der Waals surface area contributed by atoms with Gasteiger partial charge in [0.15, 0.2) is 0 Å². The molecule has 14 heavy (non-hydrogen) atoms. The summed E-state index contributed by atoms with van der Waals surface area (Å²) in [5.41, 5.74) is 0.762. The molecule has 0 fully saturated rings. The first kappa shape index (κ1) is 8.55. The van der Waals surface area contributed by atoms with Crippen molar-refractivity contribution >= 4 is 0 Å². The summed E-state index contributed by atoms with van der Waals surface area (Å²) in [6.07, 6.45) is 9.61. The second-order valence-electron chi connectivity index (χ2n) is 2.53. The second-order valence-corrected chi connectivity index (χ2v) is 2.53. The van der Waals surface area contributed by atoms with Crippen molar-refractivity contribution in [2.45, 2.75) is 6.61 Å². The molecule has 0 spiro atoms. The molecule has 0 aliphatic heterocycles. The minimum atomic E-state index is 0.354. The molecule has 0 atom stereocenters. The summed E-state index contributed by atoms with van der Waals surface area (Å²) in [4.78, 5) is 15.8. The Morgan fingerprint density at radius 2 is 1.71 bits per heavy atom. The van der Waals surface area contributed by atoms with Gasteiger partial charge in [0.05, 0.1) is 18.1 Å². The Kier molecular flexibility index (Phi) is 2.61. The number of rotatable bonds is 3. The summed E-state index contributed by atoms with van der Waals surface area (Å²) in [5, 5.41) is 0. The van der Waals surface area contributed by atoms with Crippen LogP contribution in [0.5, 0.6) is 5.88 Å². The van der Waals surface area contributed by atoms with Crippen LogP contribution in [0.4, 0.5) is 0 Å². The number of nitrogens with zero attached hydrogens (tertiary/aromatic N) is 4. The van der Waals surface area contributed by atoms with Crippen LogP contribution in [-0.2, 0) is 6.61 Å². The van der Waals surface area contributed by atoms with Gasteiger partial charge in [-0.25, -0.2) is 4.98 Å². The van der Waals surface area contributed by atoms with E-state index in [4.69, 9.17) is 4.74 Å². The lowest BCUT2D eigenvalue weighted by Gasteiger charge is -2.02. The molecular formula is C9H8N4O. The smallest absolute Gasteiger partial charge is 0.232 e. The fraction of sp³-hybridized carbons (Fsp3) is 0.111. The van der Waals surface area contributed by atoms with Crippen LogP contribution >= 0.6 is 0 Å². The summed E-state index contributed by atoms with van der Waals surface area (Å²) < 4.78 is 5.32. The highest BCUT2D eigenvalue weighted by atomic mass is 16.5. The van der Waals surface area contributed by atoms with Gasteiger partial charge < -0.3 is 4.74 Å².